The summed E-state index contributed by atoms with van der Waals surface area (Å²) in [5.41, 5.74) is 1.20. The van der Waals surface area contributed by atoms with Gasteiger partial charge in [-0.3, -0.25) is 4.79 Å². The Morgan fingerprint density at radius 2 is 1.71 bits per heavy atom. The summed E-state index contributed by atoms with van der Waals surface area (Å²) in [5.74, 6) is 0.0153. The first-order valence-electron chi connectivity index (χ1n) is 6.69. The van der Waals surface area contributed by atoms with Crippen LogP contribution >= 0.6 is 34.5 Å². The van der Waals surface area contributed by atoms with Crippen molar-refractivity contribution in [3.05, 3.63) is 50.6 Å². The molecule has 1 aromatic carbocycles. The molecule has 3 nitrogen and oxygen atoms in total. The lowest BCUT2D eigenvalue weighted by Gasteiger charge is -2.35. The first kappa shape index (κ1) is 14.7. The van der Waals surface area contributed by atoms with Gasteiger partial charge in [0.25, 0.3) is 5.91 Å². The number of para-hydroxylation sites is 1. The maximum absolute atomic E-state index is 12.4. The molecule has 0 spiro atoms. The zero-order valence-electron chi connectivity index (χ0n) is 11.3. The Morgan fingerprint density at radius 3 is 2.29 bits per heavy atom. The summed E-state index contributed by atoms with van der Waals surface area (Å²) < 4.78 is 0.475. The molecule has 0 N–H and O–H groups in total. The highest BCUT2D eigenvalue weighted by Crippen LogP contribution is 2.32. The molecule has 0 saturated carbocycles. The summed E-state index contributed by atoms with van der Waals surface area (Å²) in [7, 11) is 0. The van der Waals surface area contributed by atoms with E-state index in [0.717, 1.165) is 13.1 Å². The molecule has 2 heterocycles. The van der Waals surface area contributed by atoms with Crippen molar-refractivity contribution in [3.8, 4) is 0 Å². The zero-order chi connectivity index (χ0) is 14.8. The van der Waals surface area contributed by atoms with Crippen molar-refractivity contribution in [1.29, 1.82) is 0 Å². The molecule has 3 rings (SSSR count). The Kier molecular flexibility index (Phi) is 4.38. The molecule has 0 bridgehead atoms. The normalized spacial score (nSPS) is 15.3. The van der Waals surface area contributed by atoms with Gasteiger partial charge in [0.1, 0.15) is 4.34 Å². The van der Waals surface area contributed by atoms with Gasteiger partial charge >= 0.3 is 0 Å². The highest BCUT2D eigenvalue weighted by atomic mass is 35.5. The summed E-state index contributed by atoms with van der Waals surface area (Å²) in [6.45, 7) is 3.09. The Labute approximate surface area is 137 Å². The number of halogens is 2. The van der Waals surface area contributed by atoms with Gasteiger partial charge in [0, 0.05) is 31.9 Å². The van der Waals surface area contributed by atoms with Crippen LogP contribution in [0.4, 0.5) is 5.69 Å². The minimum atomic E-state index is 0.0153. The molecule has 6 heteroatoms. The maximum Gasteiger partial charge on any atom is 0.264 e. The molecule has 1 amide bonds. The van der Waals surface area contributed by atoms with Crippen LogP contribution in [-0.2, 0) is 0 Å². The molecule has 0 unspecified atom stereocenters. The molecular weight excluding hydrogens is 327 g/mol. The van der Waals surface area contributed by atoms with Crippen molar-refractivity contribution in [2.75, 3.05) is 31.1 Å². The van der Waals surface area contributed by atoms with Crippen LogP contribution in [-0.4, -0.2) is 37.0 Å². The number of hydrogen-bond acceptors (Lipinski definition) is 3. The number of carbonyl (C=O) groups is 1. The van der Waals surface area contributed by atoms with Crippen molar-refractivity contribution >= 4 is 46.1 Å². The van der Waals surface area contributed by atoms with E-state index >= 15 is 0 Å². The van der Waals surface area contributed by atoms with Gasteiger partial charge in [0.15, 0.2) is 0 Å². The lowest BCUT2D eigenvalue weighted by atomic mass is 10.2. The largest absolute Gasteiger partial charge is 0.368 e. The van der Waals surface area contributed by atoms with Gasteiger partial charge in [-0.1, -0.05) is 41.4 Å². The number of nitrogens with zero attached hydrogens (tertiary/aromatic N) is 2. The Hall–Kier alpha value is -1.23. The first-order chi connectivity index (χ1) is 10.1. The third-order valence-electron chi connectivity index (χ3n) is 3.54. The van der Waals surface area contributed by atoms with Crippen LogP contribution in [0.1, 0.15) is 9.67 Å². The van der Waals surface area contributed by atoms with Gasteiger partial charge in [0.05, 0.1) is 9.90 Å². The number of rotatable bonds is 2. The van der Waals surface area contributed by atoms with Gasteiger partial charge in [-0.15, -0.1) is 11.3 Å². The van der Waals surface area contributed by atoms with Gasteiger partial charge in [-0.25, -0.2) is 0 Å². The Morgan fingerprint density at radius 1 is 1.05 bits per heavy atom. The molecule has 21 heavy (non-hydrogen) atoms. The van der Waals surface area contributed by atoms with Crippen molar-refractivity contribution in [2.24, 2.45) is 0 Å². The van der Waals surface area contributed by atoms with E-state index in [-0.39, 0.29) is 5.91 Å². The quantitative estimate of drug-likeness (QED) is 0.824. The van der Waals surface area contributed by atoms with E-state index in [4.69, 9.17) is 23.2 Å². The molecule has 0 aliphatic carbocycles. The first-order valence-corrected chi connectivity index (χ1v) is 8.26. The predicted molar refractivity (Wildman–Crippen MR) is 88.9 cm³/mol. The van der Waals surface area contributed by atoms with Crippen molar-refractivity contribution in [3.63, 3.8) is 0 Å². The lowest BCUT2D eigenvalue weighted by molar-refractivity contribution is 0.0751. The number of hydrogen-bond donors (Lipinski definition) is 0. The number of benzene rings is 1. The summed E-state index contributed by atoms with van der Waals surface area (Å²) in [4.78, 5) is 17.2. The molecule has 1 aromatic heterocycles. The molecule has 2 aromatic rings. The van der Waals surface area contributed by atoms with Crippen LogP contribution in [0.2, 0.25) is 9.36 Å². The molecule has 1 aliphatic heterocycles. The summed E-state index contributed by atoms with van der Waals surface area (Å²) >= 11 is 13.1. The standard InChI is InChI=1S/C15H14Cl2N2OS/c16-12-10-13(21-14(12)17)15(20)19-8-6-18(7-9-19)11-4-2-1-3-5-11/h1-5,10H,6-9H2. The SMILES string of the molecule is O=C(c1cc(Cl)c(Cl)s1)N1CCN(c2ccccc2)CC1. The fraction of sp³-hybridized carbons (Fsp3) is 0.267. The van der Waals surface area contributed by atoms with Crippen LogP contribution in [0.15, 0.2) is 36.4 Å². The van der Waals surface area contributed by atoms with Crippen LogP contribution in [0, 0.1) is 0 Å². The third kappa shape index (κ3) is 3.18. The highest BCUT2D eigenvalue weighted by Gasteiger charge is 2.24. The third-order valence-corrected chi connectivity index (χ3v) is 5.40. The number of anilines is 1. The smallest absolute Gasteiger partial charge is 0.264 e. The van der Waals surface area contributed by atoms with E-state index in [1.54, 1.807) is 6.07 Å². The van der Waals surface area contributed by atoms with E-state index in [0.29, 0.717) is 27.3 Å². The minimum Gasteiger partial charge on any atom is -0.368 e. The van der Waals surface area contributed by atoms with Gasteiger partial charge in [0.2, 0.25) is 0 Å². The van der Waals surface area contributed by atoms with E-state index in [2.05, 4.69) is 17.0 Å². The molecule has 110 valence electrons. The fourth-order valence-corrected chi connectivity index (χ4v) is 3.75. The second kappa shape index (κ2) is 6.26. The Balaban J connectivity index is 1.64. The molecule has 1 saturated heterocycles. The lowest BCUT2D eigenvalue weighted by Crippen LogP contribution is -2.48. The monoisotopic (exact) mass is 340 g/mol. The van der Waals surface area contributed by atoms with E-state index < -0.39 is 0 Å². The number of thiophene rings is 1. The zero-order valence-corrected chi connectivity index (χ0v) is 13.6. The minimum absolute atomic E-state index is 0.0153. The number of carbonyl (C=O) groups excluding carboxylic acids is 1. The van der Waals surface area contributed by atoms with E-state index in [1.807, 2.05) is 23.1 Å². The summed E-state index contributed by atoms with van der Waals surface area (Å²) in [5, 5.41) is 0.452. The Bertz CT molecular complexity index is 617. The fourth-order valence-electron chi connectivity index (χ4n) is 2.41. The summed E-state index contributed by atoms with van der Waals surface area (Å²) in [6.07, 6.45) is 0. The number of amides is 1. The number of piperazine rings is 1. The van der Waals surface area contributed by atoms with Crippen molar-refractivity contribution in [1.82, 2.24) is 4.90 Å². The maximum atomic E-state index is 12.4. The van der Waals surface area contributed by atoms with Crippen LogP contribution < -0.4 is 4.90 Å². The average Bonchev–Trinajstić information content (AvgIpc) is 2.87. The van der Waals surface area contributed by atoms with Crippen molar-refractivity contribution < 1.29 is 4.79 Å². The van der Waals surface area contributed by atoms with Gasteiger partial charge in [-0.05, 0) is 18.2 Å². The van der Waals surface area contributed by atoms with Gasteiger partial charge in [-0.2, -0.15) is 0 Å². The molecule has 0 atom stereocenters. The molecule has 1 aliphatic rings. The van der Waals surface area contributed by atoms with E-state index in [1.165, 1.54) is 17.0 Å². The summed E-state index contributed by atoms with van der Waals surface area (Å²) in [6, 6.07) is 11.9. The van der Waals surface area contributed by atoms with Crippen LogP contribution in [0.3, 0.4) is 0 Å². The molecule has 1 fully saturated rings. The second-order valence-corrected chi connectivity index (χ2v) is 6.91. The van der Waals surface area contributed by atoms with Crippen LogP contribution in [0.5, 0.6) is 0 Å². The topological polar surface area (TPSA) is 23.6 Å². The molecular formula is C15H14Cl2N2OS. The molecule has 0 radical (unpaired) electrons. The van der Waals surface area contributed by atoms with Crippen molar-refractivity contribution in [2.45, 2.75) is 0 Å². The van der Waals surface area contributed by atoms with Gasteiger partial charge < -0.3 is 9.80 Å². The van der Waals surface area contributed by atoms with Crippen LogP contribution in [0.25, 0.3) is 0 Å². The average molecular weight is 341 g/mol. The highest BCUT2D eigenvalue weighted by molar-refractivity contribution is 7.18. The van der Waals surface area contributed by atoms with E-state index in [9.17, 15) is 4.79 Å². The second-order valence-electron chi connectivity index (χ2n) is 4.85. The predicted octanol–water partition coefficient (Wildman–Crippen LogP) is 4.02.